The highest BCUT2D eigenvalue weighted by Gasteiger charge is 2.78. The quantitative estimate of drug-likeness (QED) is 0.180. The van der Waals surface area contributed by atoms with E-state index in [1.807, 2.05) is 0 Å². The molecule has 3 bridgehead atoms. The number of carbonyl (C=O) groups excluding carboxylic acids is 6. The van der Waals surface area contributed by atoms with Gasteiger partial charge in [-0.1, -0.05) is 26.0 Å². The van der Waals surface area contributed by atoms with Crippen LogP contribution in [0.1, 0.15) is 88.0 Å². The van der Waals surface area contributed by atoms with E-state index >= 15 is 4.79 Å². The van der Waals surface area contributed by atoms with Crippen molar-refractivity contribution in [1.82, 2.24) is 5.32 Å². The van der Waals surface area contributed by atoms with E-state index in [0.717, 1.165) is 13.8 Å². The number of esters is 4. The molecule has 3 fully saturated rings. The number of amides is 1. The van der Waals surface area contributed by atoms with E-state index in [0.29, 0.717) is 0 Å². The predicted molar refractivity (Wildman–Crippen MR) is 191 cm³/mol. The Morgan fingerprint density at radius 2 is 1.68 bits per heavy atom. The zero-order chi connectivity index (χ0) is 41.8. The number of ketones is 1. The van der Waals surface area contributed by atoms with Crippen LogP contribution in [0.5, 0.6) is 0 Å². The summed E-state index contributed by atoms with van der Waals surface area (Å²) in [6.45, 7) is 12.1. The monoisotopic (exact) mass is 793 g/mol. The third-order valence-corrected chi connectivity index (χ3v) is 12.0. The van der Waals surface area contributed by atoms with Gasteiger partial charge in [0.1, 0.15) is 36.1 Å². The van der Waals surface area contributed by atoms with E-state index in [-0.39, 0.29) is 43.6 Å². The number of hydrogen-bond acceptors (Lipinski definition) is 16. The average Bonchev–Trinajstić information content (AvgIpc) is 3.06. The maximum absolute atomic E-state index is 15.3. The number of ether oxygens (including phenoxy) is 7. The molecule has 1 amide bonds. The Kier molecular flexibility index (Phi) is 11.9. The minimum Gasteiger partial charge on any atom is -0.457 e. The molecule has 0 spiro atoms. The Bertz CT molecular complexity index is 1680. The van der Waals surface area contributed by atoms with Gasteiger partial charge in [0.15, 0.2) is 23.6 Å². The van der Waals surface area contributed by atoms with E-state index in [2.05, 4.69) is 5.32 Å². The molecule has 0 unspecified atom stereocenters. The summed E-state index contributed by atoms with van der Waals surface area (Å²) in [4.78, 5) is 81.4. The molecule has 5 aliphatic rings. The molecule has 312 valence electrons. The number of aliphatic hydroxyl groups is 3. The first kappa shape index (κ1) is 43.2. The summed E-state index contributed by atoms with van der Waals surface area (Å²) in [7, 11) is 0. The van der Waals surface area contributed by atoms with Gasteiger partial charge in [-0.05, 0) is 58.6 Å². The second-order valence-electron chi connectivity index (χ2n) is 17.2. The van der Waals surface area contributed by atoms with Gasteiger partial charge in [-0.3, -0.25) is 14.4 Å². The number of fused-ring (bicyclic) bond motifs is 6. The van der Waals surface area contributed by atoms with Gasteiger partial charge in [0.2, 0.25) is 0 Å². The summed E-state index contributed by atoms with van der Waals surface area (Å²) < 4.78 is 40.6. The van der Waals surface area contributed by atoms with Crippen LogP contribution in [-0.2, 0) is 57.1 Å². The van der Waals surface area contributed by atoms with Gasteiger partial charge >= 0.3 is 30.0 Å². The molecule has 0 aromatic carbocycles. The van der Waals surface area contributed by atoms with E-state index < -0.39 is 125 Å². The molecule has 2 heterocycles. The normalized spacial score (nSPS) is 39.5. The Balaban J connectivity index is 1.74. The van der Waals surface area contributed by atoms with Gasteiger partial charge in [0.25, 0.3) is 0 Å². The van der Waals surface area contributed by atoms with E-state index in [4.69, 9.17) is 33.2 Å². The maximum atomic E-state index is 15.3. The van der Waals surface area contributed by atoms with Crippen LogP contribution in [0, 0.1) is 16.7 Å². The lowest BCUT2D eigenvalue weighted by atomic mass is 9.44. The summed E-state index contributed by atoms with van der Waals surface area (Å²) in [5.74, 6) is -6.25. The minimum atomic E-state index is -2.36. The lowest BCUT2D eigenvalue weighted by Gasteiger charge is -2.67. The maximum Gasteiger partial charge on any atom is 0.407 e. The van der Waals surface area contributed by atoms with Gasteiger partial charge in [-0.15, -0.1) is 0 Å². The average molecular weight is 794 g/mol. The van der Waals surface area contributed by atoms with Crippen LogP contribution < -0.4 is 5.32 Å². The van der Waals surface area contributed by atoms with E-state index in [1.54, 1.807) is 46.8 Å². The number of allylic oxidation sites excluding steroid dienone is 1. The summed E-state index contributed by atoms with van der Waals surface area (Å²) in [5.41, 5.74) is -8.49. The molecule has 1 saturated heterocycles. The van der Waals surface area contributed by atoms with Gasteiger partial charge in [-0.2, -0.15) is 0 Å². The Morgan fingerprint density at radius 3 is 2.27 bits per heavy atom. The fraction of sp³-hybridized carbons (Fsp3) is 0.744. The largest absolute Gasteiger partial charge is 0.457 e. The van der Waals surface area contributed by atoms with Crippen LogP contribution in [0.15, 0.2) is 23.3 Å². The molecule has 2 saturated carbocycles. The van der Waals surface area contributed by atoms with Crippen molar-refractivity contribution in [2.24, 2.45) is 16.7 Å². The molecule has 2 aliphatic heterocycles. The summed E-state index contributed by atoms with van der Waals surface area (Å²) in [5, 5.41) is 39.2. The van der Waals surface area contributed by atoms with Gasteiger partial charge in [0.05, 0.1) is 36.7 Å². The number of rotatable bonds is 3. The van der Waals surface area contributed by atoms with Crippen molar-refractivity contribution in [3.05, 3.63) is 23.3 Å². The molecular formula is C39H55NO16. The lowest BCUT2D eigenvalue weighted by Crippen LogP contribution is -2.82. The predicted octanol–water partition coefficient (Wildman–Crippen LogP) is 1.51. The number of nitrogens with one attached hydrogen (secondary N) is 1. The lowest BCUT2D eigenvalue weighted by molar-refractivity contribution is -0.347. The van der Waals surface area contributed by atoms with Crippen molar-refractivity contribution < 1.29 is 77.2 Å². The Hall–Kier alpha value is -3.90. The Labute approximate surface area is 325 Å². The Morgan fingerprint density at radius 1 is 1.00 bits per heavy atom. The van der Waals surface area contributed by atoms with Gasteiger partial charge in [-0.25, -0.2) is 14.4 Å². The molecule has 0 aromatic heterocycles. The fourth-order valence-corrected chi connectivity index (χ4v) is 9.25. The van der Waals surface area contributed by atoms with Gasteiger partial charge < -0.3 is 53.8 Å². The molecule has 3 aliphatic carbocycles. The highest BCUT2D eigenvalue weighted by atomic mass is 16.6. The molecule has 56 heavy (non-hydrogen) atoms. The first-order valence-corrected chi connectivity index (χ1v) is 18.8. The molecule has 4 N–H and O–H groups in total. The summed E-state index contributed by atoms with van der Waals surface area (Å²) >= 11 is 0. The van der Waals surface area contributed by atoms with E-state index in [9.17, 15) is 39.3 Å². The molecule has 17 nitrogen and oxygen atoms in total. The second-order valence-corrected chi connectivity index (χ2v) is 17.2. The number of hydrogen-bond donors (Lipinski definition) is 4. The summed E-state index contributed by atoms with van der Waals surface area (Å²) in [6.07, 6.45) is -7.71. The zero-order valence-corrected chi connectivity index (χ0v) is 33.4. The SMILES string of the molecule is CC(=O)O[C@H]1C(=O)[C@@]2(C)[C@H]([C@H]3OC(=O)COC/C=C/CC[C@@H](NC(=O)OC(C)(C)C)[C@H](O)C(=O)O[C@H]4C[C@@]3(O)C(C)(C)C1=C4C)[C@@]1(OC(C)=O)CO[C@@H]1C[C@@H]2O. The summed E-state index contributed by atoms with van der Waals surface area (Å²) in [6, 6.07) is -1.23. The fourth-order valence-electron chi connectivity index (χ4n) is 9.25. The number of aliphatic hydroxyl groups excluding tert-OH is 2. The van der Waals surface area contributed by atoms with Crippen molar-refractivity contribution in [1.29, 1.82) is 0 Å². The third-order valence-electron chi connectivity index (χ3n) is 12.0. The first-order valence-electron chi connectivity index (χ1n) is 18.8. The zero-order valence-electron chi connectivity index (χ0n) is 33.4. The molecule has 0 radical (unpaired) electrons. The number of alkyl carbamates (subject to hydrolysis) is 1. The number of carbonyl (C=O) groups is 6. The van der Waals surface area contributed by atoms with Crippen LogP contribution in [0.25, 0.3) is 0 Å². The standard InChI is InChI=1S/C39H55NO16/c1-19-23-16-39(49)32(54-26(44)17-50-14-12-10-11-13-22(28(45)33(47)53-23)40-34(48)56-35(4,5)6)30-37(9,24(43)15-25-38(30,18-51-25)55-21(3)42)31(46)29(52-20(2)41)27(19)36(39,7)8/h10,12,22-25,28-30,32,43,45,49H,11,13-18H2,1-9H3,(H,40,48)/b12-10+/t22-,23+,24+,25-,28+,29-,30+,32-,37-,38-,39+/m1/s1. The molecule has 0 aromatic rings. The van der Waals surface area contributed by atoms with Crippen molar-refractivity contribution in [3.63, 3.8) is 0 Å². The molecular weight excluding hydrogens is 738 g/mol. The van der Waals surface area contributed by atoms with Crippen molar-refractivity contribution in [2.45, 2.75) is 147 Å². The van der Waals surface area contributed by atoms with Crippen molar-refractivity contribution >= 4 is 35.8 Å². The van der Waals surface area contributed by atoms with Crippen LogP contribution in [0.2, 0.25) is 0 Å². The third kappa shape index (κ3) is 7.60. The van der Waals surface area contributed by atoms with Crippen LogP contribution in [0.4, 0.5) is 4.79 Å². The highest BCUT2D eigenvalue weighted by Crippen LogP contribution is 2.64. The minimum absolute atomic E-state index is 0.00183. The van der Waals surface area contributed by atoms with Crippen molar-refractivity contribution in [2.75, 3.05) is 19.8 Å². The van der Waals surface area contributed by atoms with Crippen molar-refractivity contribution in [3.8, 4) is 0 Å². The second kappa shape index (κ2) is 15.5. The van der Waals surface area contributed by atoms with E-state index in [1.165, 1.54) is 13.8 Å². The highest BCUT2D eigenvalue weighted by molar-refractivity contribution is 5.95. The van der Waals surface area contributed by atoms with Gasteiger partial charge in [0, 0.05) is 32.1 Å². The molecule has 11 atom stereocenters. The van der Waals surface area contributed by atoms with Crippen LogP contribution >= 0.6 is 0 Å². The molecule has 5 rings (SSSR count). The number of Topliss-reactive ketones (excluding diaryl/α,β-unsaturated/α-hetero) is 1. The van der Waals surface area contributed by atoms with Crippen LogP contribution in [-0.4, -0.2) is 130 Å². The topological polar surface area (TPSA) is 240 Å². The first-order chi connectivity index (χ1) is 25.9. The molecule has 17 heteroatoms. The van der Waals surface area contributed by atoms with Crippen LogP contribution in [0.3, 0.4) is 0 Å². The smallest absolute Gasteiger partial charge is 0.407 e.